The van der Waals surface area contributed by atoms with Crippen molar-refractivity contribution in [1.29, 1.82) is 0 Å². The van der Waals surface area contributed by atoms with Crippen molar-refractivity contribution in [2.75, 3.05) is 5.32 Å². The first kappa shape index (κ1) is 12.3. The van der Waals surface area contributed by atoms with Gasteiger partial charge in [0.05, 0.1) is 0 Å². The van der Waals surface area contributed by atoms with Crippen LogP contribution < -0.4 is 5.32 Å². The van der Waals surface area contributed by atoms with Crippen molar-refractivity contribution in [1.82, 2.24) is 0 Å². The first-order chi connectivity index (χ1) is 8.15. The molecule has 0 aliphatic rings. The Hall–Kier alpha value is -1.19. The third-order valence-electron chi connectivity index (χ3n) is 2.37. The molecule has 2 aromatic carbocycles. The van der Waals surface area contributed by atoms with E-state index < -0.39 is 0 Å². The molecular weight excluding hydrogens is 302 g/mol. The fourth-order valence-electron chi connectivity index (χ4n) is 1.46. The second kappa shape index (κ2) is 5.43. The van der Waals surface area contributed by atoms with Crippen molar-refractivity contribution in [2.45, 2.75) is 6.54 Å². The number of anilines is 1. The number of phenols is 1. The fourth-order valence-corrected chi connectivity index (χ4v) is 2.00. The Kier molecular flexibility index (Phi) is 3.92. The maximum Gasteiger partial charge on any atom is 0.120 e. The zero-order valence-corrected chi connectivity index (χ0v) is 11.3. The van der Waals surface area contributed by atoms with E-state index in [4.69, 9.17) is 11.6 Å². The van der Waals surface area contributed by atoms with Crippen LogP contribution in [0.2, 0.25) is 5.02 Å². The highest BCUT2D eigenvalue weighted by molar-refractivity contribution is 9.10. The lowest BCUT2D eigenvalue weighted by molar-refractivity contribution is 0.469. The molecule has 0 amide bonds. The van der Waals surface area contributed by atoms with E-state index in [1.165, 1.54) is 0 Å². The van der Waals surface area contributed by atoms with Gasteiger partial charge in [-0.25, -0.2) is 0 Å². The monoisotopic (exact) mass is 311 g/mol. The molecule has 0 unspecified atom stereocenters. The van der Waals surface area contributed by atoms with Gasteiger partial charge in [0.15, 0.2) is 0 Å². The Morgan fingerprint density at radius 2 is 1.82 bits per heavy atom. The molecule has 0 spiro atoms. The summed E-state index contributed by atoms with van der Waals surface area (Å²) in [6, 6.07) is 12.8. The summed E-state index contributed by atoms with van der Waals surface area (Å²) >= 11 is 9.18. The number of nitrogens with one attached hydrogen (secondary N) is 1. The molecule has 0 fully saturated rings. The third-order valence-corrected chi connectivity index (χ3v) is 3.11. The van der Waals surface area contributed by atoms with Gasteiger partial charge in [0.2, 0.25) is 0 Å². The minimum atomic E-state index is 0.287. The summed E-state index contributed by atoms with van der Waals surface area (Å²) < 4.78 is 0.947. The first-order valence-electron chi connectivity index (χ1n) is 5.12. The second-order valence-electron chi connectivity index (χ2n) is 3.63. The third kappa shape index (κ3) is 3.38. The lowest BCUT2D eigenvalue weighted by Gasteiger charge is -2.08. The summed E-state index contributed by atoms with van der Waals surface area (Å²) in [4.78, 5) is 0. The Morgan fingerprint density at radius 3 is 2.53 bits per heavy atom. The van der Waals surface area contributed by atoms with Crippen LogP contribution in [0.5, 0.6) is 5.75 Å². The quantitative estimate of drug-likeness (QED) is 0.879. The van der Waals surface area contributed by atoms with E-state index in [-0.39, 0.29) is 5.75 Å². The standard InChI is InChI=1S/C13H11BrClNO/c14-10-1-6-13(17)9(7-10)8-16-12-4-2-11(15)3-5-12/h1-7,16-17H,8H2. The molecule has 0 atom stereocenters. The maximum absolute atomic E-state index is 9.68. The van der Waals surface area contributed by atoms with Gasteiger partial charge in [0.25, 0.3) is 0 Å². The van der Waals surface area contributed by atoms with Crippen LogP contribution in [0, 0.1) is 0 Å². The van der Waals surface area contributed by atoms with Gasteiger partial charge in [-0.05, 0) is 42.5 Å². The van der Waals surface area contributed by atoms with Crippen LogP contribution in [0.4, 0.5) is 5.69 Å². The molecule has 17 heavy (non-hydrogen) atoms. The normalized spacial score (nSPS) is 10.2. The van der Waals surface area contributed by atoms with Crippen LogP contribution in [0.3, 0.4) is 0 Å². The molecule has 4 heteroatoms. The summed E-state index contributed by atoms with van der Waals surface area (Å²) in [6.45, 7) is 0.562. The molecule has 0 saturated heterocycles. The topological polar surface area (TPSA) is 32.3 Å². The van der Waals surface area contributed by atoms with E-state index in [1.807, 2.05) is 30.3 Å². The summed E-state index contributed by atoms with van der Waals surface area (Å²) in [5.41, 5.74) is 1.81. The van der Waals surface area contributed by atoms with Gasteiger partial charge < -0.3 is 10.4 Å². The van der Waals surface area contributed by atoms with Crippen molar-refractivity contribution < 1.29 is 5.11 Å². The molecule has 0 bridgehead atoms. The van der Waals surface area contributed by atoms with Gasteiger partial charge in [0, 0.05) is 27.3 Å². The predicted octanol–water partition coefficient (Wildman–Crippen LogP) is 4.42. The molecule has 0 aromatic heterocycles. The van der Waals surface area contributed by atoms with Crippen LogP contribution in [-0.4, -0.2) is 5.11 Å². The SMILES string of the molecule is Oc1ccc(Br)cc1CNc1ccc(Cl)cc1. The largest absolute Gasteiger partial charge is 0.508 e. The predicted molar refractivity (Wildman–Crippen MR) is 74.6 cm³/mol. The summed E-state index contributed by atoms with van der Waals surface area (Å²) in [7, 11) is 0. The van der Waals surface area contributed by atoms with Gasteiger partial charge in [-0.3, -0.25) is 0 Å². The number of hydrogen-bond acceptors (Lipinski definition) is 2. The van der Waals surface area contributed by atoms with E-state index >= 15 is 0 Å². The molecule has 2 aromatic rings. The van der Waals surface area contributed by atoms with E-state index in [0.29, 0.717) is 11.6 Å². The lowest BCUT2D eigenvalue weighted by Crippen LogP contribution is -1.99. The zero-order chi connectivity index (χ0) is 12.3. The van der Waals surface area contributed by atoms with Crippen molar-refractivity contribution in [2.24, 2.45) is 0 Å². The number of benzene rings is 2. The van der Waals surface area contributed by atoms with Crippen LogP contribution in [0.25, 0.3) is 0 Å². The minimum absolute atomic E-state index is 0.287. The Labute approximate surface area is 113 Å². The summed E-state index contributed by atoms with van der Waals surface area (Å²) in [6.07, 6.45) is 0. The lowest BCUT2D eigenvalue weighted by atomic mass is 10.2. The number of phenolic OH excluding ortho intramolecular Hbond substituents is 1. The molecule has 88 valence electrons. The van der Waals surface area contributed by atoms with Crippen LogP contribution in [0.15, 0.2) is 46.9 Å². The van der Waals surface area contributed by atoms with Crippen molar-refractivity contribution in [3.8, 4) is 5.75 Å². The highest BCUT2D eigenvalue weighted by Crippen LogP contribution is 2.23. The number of aromatic hydroxyl groups is 1. The Morgan fingerprint density at radius 1 is 1.12 bits per heavy atom. The van der Waals surface area contributed by atoms with E-state index in [1.54, 1.807) is 12.1 Å². The smallest absolute Gasteiger partial charge is 0.120 e. The number of hydrogen-bond donors (Lipinski definition) is 2. The van der Waals surface area contributed by atoms with Crippen molar-refractivity contribution in [3.05, 3.63) is 57.5 Å². The second-order valence-corrected chi connectivity index (χ2v) is 4.99. The van der Waals surface area contributed by atoms with Crippen molar-refractivity contribution in [3.63, 3.8) is 0 Å². The fraction of sp³-hybridized carbons (Fsp3) is 0.0769. The van der Waals surface area contributed by atoms with Crippen LogP contribution in [0.1, 0.15) is 5.56 Å². The van der Waals surface area contributed by atoms with E-state index in [2.05, 4.69) is 21.2 Å². The van der Waals surface area contributed by atoms with E-state index in [9.17, 15) is 5.11 Å². The molecule has 2 nitrogen and oxygen atoms in total. The molecule has 0 heterocycles. The molecule has 0 aliphatic heterocycles. The number of rotatable bonds is 3. The highest BCUT2D eigenvalue weighted by atomic mass is 79.9. The highest BCUT2D eigenvalue weighted by Gasteiger charge is 2.01. The van der Waals surface area contributed by atoms with Crippen molar-refractivity contribution >= 4 is 33.2 Å². The minimum Gasteiger partial charge on any atom is -0.508 e. The van der Waals surface area contributed by atoms with Gasteiger partial charge >= 0.3 is 0 Å². The van der Waals surface area contributed by atoms with Gasteiger partial charge in [-0.15, -0.1) is 0 Å². The molecule has 0 radical (unpaired) electrons. The Bertz CT molecular complexity index is 513. The average Bonchev–Trinajstić information content (AvgIpc) is 2.32. The Balaban J connectivity index is 2.07. The molecule has 2 rings (SSSR count). The van der Waals surface area contributed by atoms with Crippen LogP contribution >= 0.6 is 27.5 Å². The maximum atomic E-state index is 9.68. The summed E-state index contributed by atoms with van der Waals surface area (Å²) in [5.74, 6) is 0.287. The molecule has 0 aliphatic carbocycles. The molecule has 2 N–H and O–H groups in total. The molecular formula is C13H11BrClNO. The van der Waals surface area contributed by atoms with E-state index in [0.717, 1.165) is 15.7 Å². The van der Waals surface area contributed by atoms with Crippen LogP contribution in [-0.2, 0) is 6.54 Å². The first-order valence-corrected chi connectivity index (χ1v) is 6.29. The molecule has 0 saturated carbocycles. The average molecular weight is 313 g/mol. The number of halogens is 2. The van der Waals surface area contributed by atoms with Gasteiger partial charge in [0.1, 0.15) is 5.75 Å². The zero-order valence-electron chi connectivity index (χ0n) is 8.95. The summed E-state index contributed by atoms with van der Waals surface area (Å²) in [5, 5.41) is 13.6. The van der Waals surface area contributed by atoms with Gasteiger partial charge in [-0.2, -0.15) is 0 Å². The van der Waals surface area contributed by atoms with Gasteiger partial charge in [-0.1, -0.05) is 27.5 Å².